The van der Waals surface area contributed by atoms with Crippen molar-refractivity contribution < 1.29 is 14.3 Å². The molecular weight excluding hydrogens is 402 g/mol. The molecule has 0 aliphatic carbocycles. The van der Waals surface area contributed by atoms with Gasteiger partial charge in [-0.15, -0.1) is 0 Å². The van der Waals surface area contributed by atoms with E-state index in [9.17, 15) is 4.79 Å². The summed E-state index contributed by atoms with van der Waals surface area (Å²) in [7, 11) is 5.29. The lowest BCUT2D eigenvalue weighted by molar-refractivity contribution is 0.168. The molecule has 5 rings (SSSR count). The van der Waals surface area contributed by atoms with Gasteiger partial charge in [-0.3, -0.25) is 4.90 Å². The van der Waals surface area contributed by atoms with Gasteiger partial charge in [-0.05, 0) is 62.6 Å². The summed E-state index contributed by atoms with van der Waals surface area (Å²) in [5.41, 5.74) is 6.72. The summed E-state index contributed by atoms with van der Waals surface area (Å²) in [5.74, 6) is 0.887. The Balaban J connectivity index is 1.82. The third-order valence-corrected chi connectivity index (χ3v) is 7.26. The van der Waals surface area contributed by atoms with Crippen LogP contribution in [0.4, 0.5) is 16.2 Å². The Labute approximate surface area is 189 Å². The van der Waals surface area contributed by atoms with Gasteiger partial charge >= 0.3 is 6.09 Å². The lowest BCUT2D eigenvalue weighted by Crippen LogP contribution is -2.61. The Kier molecular flexibility index (Phi) is 4.93. The van der Waals surface area contributed by atoms with E-state index in [0.29, 0.717) is 0 Å². The standard InChI is InChI=1S/C26H31N3O3/c1-16(2)14-18-22-21(31-4)11-10-20-23(22)26(12-13-27-18)15-17-8-6-7-9-19(17)29(25(30)32-5)24(26)28(20)3/h6-11,14,18,24,27H,12-13,15H2,1-5H3/t18?,24-,26-/m0/s1. The van der Waals surface area contributed by atoms with Crippen molar-refractivity contribution in [3.63, 3.8) is 0 Å². The van der Waals surface area contributed by atoms with Crippen molar-refractivity contribution in [2.75, 3.05) is 37.6 Å². The van der Waals surface area contributed by atoms with Gasteiger partial charge in [0.15, 0.2) is 0 Å². The average molecular weight is 434 g/mol. The van der Waals surface area contributed by atoms with E-state index in [-0.39, 0.29) is 23.7 Å². The van der Waals surface area contributed by atoms with Crippen LogP contribution in [0.1, 0.15) is 43.0 Å². The van der Waals surface area contributed by atoms with Crippen molar-refractivity contribution in [2.24, 2.45) is 0 Å². The number of nitrogens with zero attached hydrogens (tertiary/aromatic N) is 2. The van der Waals surface area contributed by atoms with Crippen molar-refractivity contribution >= 4 is 17.5 Å². The third kappa shape index (κ3) is 2.78. The van der Waals surface area contributed by atoms with Crippen LogP contribution in [0.25, 0.3) is 0 Å². The van der Waals surface area contributed by atoms with E-state index >= 15 is 0 Å². The highest BCUT2D eigenvalue weighted by molar-refractivity contribution is 5.93. The first kappa shape index (κ1) is 20.9. The predicted molar refractivity (Wildman–Crippen MR) is 127 cm³/mol. The van der Waals surface area contributed by atoms with Crippen LogP contribution in [0.5, 0.6) is 5.75 Å². The molecule has 0 fully saturated rings. The summed E-state index contributed by atoms with van der Waals surface area (Å²) < 4.78 is 11.2. The molecule has 168 valence electrons. The zero-order chi connectivity index (χ0) is 22.6. The molecule has 3 heterocycles. The first-order chi connectivity index (χ1) is 15.4. The molecule has 3 aliphatic heterocycles. The summed E-state index contributed by atoms with van der Waals surface area (Å²) in [6, 6.07) is 12.5. The van der Waals surface area contributed by atoms with Crippen molar-refractivity contribution in [2.45, 2.75) is 44.3 Å². The predicted octanol–water partition coefficient (Wildman–Crippen LogP) is 4.54. The van der Waals surface area contributed by atoms with Gasteiger partial charge in [0.2, 0.25) is 0 Å². The van der Waals surface area contributed by atoms with E-state index in [2.05, 4.69) is 61.5 Å². The number of carbonyl (C=O) groups is 1. The molecule has 3 aliphatic rings. The number of hydrogen-bond acceptors (Lipinski definition) is 5. The largest absolute Gasteiger partial charge is 0.496 e. The number of allylic oxidation sites excluding steroid dienone is 1. The number of para-hydroxylation sites is 1. The molecule has 0 bridgehead atoms. The van der Waals surface area contributed by atoms with Crippen LogP contribution in [0.15, 0.2) is 48.0 Å². The van der Waals surface area contributed by atoms with Gasteiger partial charge in [-0.2, -0.15) is 0 Å². The number of methoxy groups -OCH3 is 2. The van der Waals surface area contributed by atoms with Crippen LogP contribution in [0.3, 0.4) is 0 Å². The zero-order valence-corrected chi connectivity index (χ0v) is 19.4. The lowest BCUT2D eigenvalue weighted by Gasteiger charge is -2.48. The van der Waals surface area contributed by atoms with Crippen LogP contribution in [-0.2, 0) is 16.6 Å². The zero-order valence-electron chi connectivity index (χ0n) is 19.4. The normalized spacial score (nSPS) is 25.3. The first-order valence-corrected chi connectivity index (χ1v) is 11.2. The Hall–Kier alpha value is -2.99. The maximum Gasteiger partial charge on any atom is 0.415 e. The Morgan fingerprint density at radius 2 is 1.94 bits per heavy atom. The van der Waals surface area contributed by atoms with Crippen molar-refractivity contribution in [3.8, 4) is 5.75 Å². The van der Waals surface area contributed by atoms with E-state index in [1.165, 1.54) is 29.4 Å². The molecule has 2 aromatic carbocycles. The fraction of sp³-hybridized carbons (Fsp3) is 0.423. The number of rotatable bonds is 2. The molecule has 6 nitrogen and oxygen atoms in total. The van der Waals surface area contributed by atoms with Crippen LogP contribution >= 0.6 is 0 Å². The minimum atomic E-state index is -0.326. The SMILES string of the molecule is COC(=O)N1c2ccccc2C[C@@]23CCNC(C=C(C)C)c4c(OC)ccc(c42)N(C)[C@@H]13. The highest BCUT2D eigenvalue weighted by Gasteiger charge is 2.59. The number of ether oxygens (including phenoxy) is 2. The second-order valence-electron chi connectivity index (χ2n) is 9.29. The second-order valence-corrected chi connectivity index (χ2v) is 9.29. The minimum absolute atomic E-state index is 0.0557. The van der Waals surface area contributed by atoms with E-state index in [0.717, 1.165) is 36.5 Å². The number of likely N-dealkylation sites (N-methyl/N-ethyl adjacent to an activating group) is 1. The van der Waals surface area contributed by atoms with Crippen molar-refractivity contribution in [1.29, 1.82) is 0 Å². The molecule has 3 atom stereocenters. The van der Waals surface area contributed by atoms with Crippen LogP contribution in [0, 0.1) is 0 Å². The molecule has 0 aromatic heterocycles. The number of carbonyl (C=O) groups excluding carboxylic acids is 1. The topological polar surface area (TPSA) is 54.0 Å². The molecule has 32 heavy (non-hydrogen) atoms. The van der Waals surface area contributed by atoms with Crippen molar-refractivity contribution in [3.05, 3.63) is 64.7 Å². The van der Waals surface area contributed by atoms with Crippen LogP contribution in [-0.4, -0.2) is 40.1 Å². The number of anilines is 2. The summed E-state index contributed by atoms with van der Waals surface area (Å²) in [5, 5.41) is 3.75. The summed E-state index contributed by atoms with van der Waals surface area (Å²) >= 11 is 0. The van der Waals surface area contributed by atoms with Gasteiger partial charge in [0, 0.05) is 23.7 Å². The molecule has 1 spiro atoms. The van der Waals surface area contributed by atoms with Gasteiger partial charge in [0.05, 0.1) is 25.9 Å². The first-order valence-electron chi connectivity index (χ1n) is 11.2. The van der Waals surface area contributed by atoms with E-state index in [1.807, 2.05) is 17.0 Å². The molecule has 0 saturated heterocycles. The fourth-order valence-electron chi connectivity index (χ4n) is 6.16. The van der Waals surface area contributed by atoms with Gasteiger partial charge in [-0.25, -0.2) is 4.79 Å². The summed E-state index contributed by atoms with van der Waals surface area (Å²) in [6.07, 6.45) is 3.55. The van der Waals surface area contributed by atoms with E-state index in [1.54, 1.807) is 7.11 Å². The number of nitrogens with one attached hydrogen (secondary N) is 1. The Morgan fingerprint density at radius 1 is 1.16 bits per heavy atom. The monoisotopic (exact) mass is 433 g/mol. The highest BCUT2D eigenvalue weighted by atomic mass is 16.5. The van der Waals surface area contributed by atoms with Crippen LogP contribution < -0.4 is 19.9 Å². The lowest BCUT2D eigenvalue weighted by atomic mass is 9.68. The van der Waals surface area contributed by atoms with E-state index < -0.39 is 0 Å². The Bertz CT molecular complexity index is 1110. The van der Waals surface area contributed by atoms with Gasteiger partial charge in [0.1, 0.15) is 11.9 Å². The van der Waals surface area contributed by atoms with Gasteiger partial charge < -0.3 is 19.7 Å². The maximum atomic E-state index is 13.2. The molecule has 1 unspecified atom stereocenters. The molecule has 0 saturated carbocycles. The third-order valence-electron chi connectivity index (χ3n) is 7.26. The Morgan fingerprint density at radius 3 is 2.66 bits per heavy atom. The molecule has 1 N–H and O–H groups in total. The smallest absolute Gasteiger partial charge is 0.415 e. The second kappa shape index (κ2) is 7.55. The van der Waals surface area contributed by atoms with Crippen LogP contribution in [0.2, 0.25) is 0 Å². The fourth-order valence-corrected chi connectivity index (χ4v) is 6.16. The maximum absolute atomic E-state index is 13.2. The van der Waals surface area contributed by atoms with Gasteiger partial charge in [-0.1, -0.05) is 29.8 Å². The molecule has 0 radical (unpaired) electrons. The van der Waals surface area contributed by atoms with Gasteiger partial charge in [0.25, 0.3) is 0 Å². The minimum Gasteiger partial charge on any atom is -0.496 e. The molecule has 2 aromatic rings. The summed E-state index contributed by atoms with van der Waals surface area (Å²) in [6.45, 7) is 5.10. The van der Waals surface area contributed by atoms with Crippen molar-refractivity contribution in [1.82, 2.24) is 5.32 Å². The molecule has 1 amide bonds. The highest BCUT2D eigenvalue weighted by Crippen LogP contribution is 2.58. The average Bonchev–Trinajstić information content (AvgIpc) is 2.92. The number of benzene rings is 2. The number of fused-ring (bicyclic) bond motifs is 1. The quantitative estimate of drug-likeness (QED) is 0.705. The number of hydrogen-bond donors (Lipinski definition) is 1. The van der Waals surface area contributed by atoms with E-state index in [4.69, 9.17) is 9.47 Å². The molecular formula is C26H31N3O3. The summed E-state index contributed by atoms with van der Waals surface area (Å²) in [4.78, 5) is 17.3. The number of amides is 1. The molecule has 6 heteroatoms.